The van der Waals surface area contributed by atoms with Crippen LogP contribution < -0.4 is 20.3 Å². The molecule has 0 saturated carbocycles. The van der Waals surface area contributed by atoms with Crippen molar-refractivity contribution in [2.24, 2.45) is 0 Å². The normalized spacial score (nSPS) is 14.7. The lowest BCUT2D eigenvalue weighted by atomic mass is 10.2. The van der Waals surface area contributed by atoms with Gasteiger partial charge in [-0.3, -0.25) is 14.4 Å². The van der Waals surface area contributed by atoms with Crippen molar-refractivity contribution < 1.29 is 23.5 Å². The maximum atomic E-state index is 12.4. The molecule has 8 nitrogen and oxygen atoms in total. The van der Waals surface area contributed by atoms with Gasteiger partial charge in [0, 0.05) is 18.7 Å². The molecule has 1 aliphatic heterocycles. The molecule has 0 spiro atoms. The first-order valence-electron chi connectivity index (χ1n) is 8.62. The Hall–Kier alpha value is -3.29. The molecule has 1 saturated heterocycles. The Morgan fingerprint density at radius 1 is 1.30 bits per heavy atom. The highest BCUT2D eigenvalue weighted by atomic mass is 16.5. The number of nitrogens with zero attached hydrogens (tertiary/aromatic N) is 1. The fourth-order valence-corrected chi connectivity index (χ4v) is 2.87. The Bertz CT molecular complexity index is 847. The summed E-state index contributed by atoms with van der Waals surface area (Å²) in [4.78, 5) is 38.1. The summed E-state index contributed by atoms with van der Waals surface area (Å²) in [6.45, 7) is 2.20. The highest BCUT2D eigenvalue weighted by molar-refractivity contribution is 6.02. The van der Waals surface area contributed by atoms with E-state index < -0.39 is 11.9 Å². The van der Waals surface area contributed by atoms with Gasteiger partial charge >= 0.3 is 0 Å². The van der Waals surface area contributed by atoms with Crippen molar-refractivity contribution in [3.8, 4) is 5.75 Å². The molecule has 0 unspecified atom stereocenters. The third kappa shape index (κ3) is 4.11. The van der Waals surface area contributed by atoms with Crippen LogP contribution in [0.15, 0.2) is 41.2 Å². The number of furan rings is 1. The topological polar surface area (TPSA) is 101 Å². The van der Waals surface area contributed by atoms with Crippen molar-refractivity contribution in [2.45, 2.75) is 25.8 Å². The molecule has 3 amide bonds. The Morgan fingerprint density at radius 3 is 2.74 bits per heavy atom. The molecule has 8 heteroatoms. The number of rotatable bonds is 6. The third-order valence-corrected chi connectivity index (χ3v) is 4.33. The van der Waals surface area contributed by atoms with Crippen LogP contribution >= 0.6 is 0 Å². The van der Waals surface area contributed by atoms with Crippen LogP contribution in [-0.4, -0.2) is 37.4 Å². The van der Waals surface area contributed by atoms with Gasteiger partial charge in [-0.1, -0.05) is 0 Å². The molecule has 3 rings (SSSR count). The second kappa shape index (κ2) is 7.94. The Balaban J connectivity index is 1.70. The van der Waals surface area contributed by atoms with Crippen molar-refractivity contribution in [3.05, 3.63) is 42.4 Å². The van der Waals surface area contributed by atoms with Gasteiger partial charge in [0.2, 0.25) is 11.8 Å². The molecule has 2 aromatic rings. The number of methoxy groups -OCH3 is 1. The summed E-state index contributed by atoms with van der Waals surface area (Å²) in [6.07, 6.45) is 3.98. The molecular formula is C19H21N3O5. The zero-order valence-electron chi connectivity index (χ0n) is 15.2. The van der Waals surface area contributed by atoms with E-state index in [2.05, 4.69) is 10.6 Å². The molecular weight excluding hydrogens is 350 g/mol. The first-order chi connectivity index (χ1) is 13.0. The SMILES string of the molecule is COc1ccc(NC(=O)[C@H](C)NC(=O)c2ccoc2)cc1N1CCCC1=O. The minimum Gasteiger partial charge on any atom is -0.495 e. The summed E-state index contributed by atoms with van der Waals surface area (Å²) in [5.74, 6) is -0.192. The van der Waals surface area contributed by atoms with Crippen LogP contribution in [0.2, 0.25) is 0 Å². The van der Waals surface area contributed by atoms with Crippen molar-refractivity contribution in [1.29, 1.82) is 0 Å². The lowest BCUT2D eigenvalue weighted by Gasteiger charge is -2.20. The first kappa shape index (κ1) is 18.5. The number of anilines is 2. The smallest absolute Gasteiger partial charge is 0.255 e. The molecule has 0 radical (unpaired) electrons. The van der Waals surface area contributed by atoms with E-state index in [0.29, 0.717) is 35.7 Å². The van der Waals surface area contributed by atoms with Crippen molar-refractivity contribution in [2.75, 3.05) is 23.9 Å². The minimum absolute atomic E-state index is 0.0255. The number of nitrogens with one attached hydrogen (secondary N) is 2. The molecule has 2 heterocycles. The van der Waals surface area contributed by atoms with Crippen molar-refractivity contribution in [3.63, 3.8) is 0 Å². The molecule has 2 N–H and O–H groups in total. The molecule has 1 aliphatic rings. The van der Waals surface area contributed by atoms with Gasteiger partial charge in [-0.25, -0.2) is 0 Å². The van der Waals surface area contributed by atoms with E-state index in [-0.39, 0.29) is 11.8 Å². The van der Waals surface area contributed by atoms with Gasteiger partial charge in [-0.05, 0) is 37.6 Å². The van der Waals surface area contributed by atoms with E-state index in [0.717, 1.165) is 6.42 Å². The number of hydrogen-bond acceptors (Lipinski definition) is 5. The van der Waals surface area contributed by atoms with Gasteiger partial charge in [-0.15, -0.1) is 0 Å². The summed E-state index contributed by atoms with van der Waals surface area (Å²) in [6, 6.07) is 5.84. The van der Waals surface area contributed by atoms with Gasteiger partial charge < -0.3 is 24.7 Å². The molecule has 1 aromatic carbocycles. The zero-order chi connectivity index (χ0) is 19.4. The molecule has 27 heavy (non-hydrogen) atoms. The zero-order valence-corrected chi connectivity index (χ0v) is 15.2. The summed E-state index contributed by atoms with van der Waals surface area (Å²) in [5.41, 5.74) is 1.47. The van der Waals surface area contributed by atoms with Crippen molar-refractivity contribution >= 4 is 29.1 Å². The number of benzene rings is 1. The van der Waals surface area contributed by atoms with Crippen LogP contribution in [0.5, 0.6) is 5.75 Å². The van der Waals surface area contributed by atoms with Gasteiger partial charge in [0.25, 0.3) is 5.91 Å². The quantitative estimate of drug-likeness (QED) is 0.810. The lowest BCUT2D eigenvalue weighted by molar-refractivity contribution is -0.118. The van der Waals surface area contributed by atoms with E-state index in [1.165, 1.54) is 25.7 Å². The average Bonchev–Trinajstić information content (AvgIpc) is 3.33. The van der Waals surface area contributed by atoms with Crippen molar-refractivity contribution in [1.82, 2.24) is 5.32 Å². The largest absolute Gasteiger partial charge is 0.495 e. The number of carbonyl (C=O) groups excluding carboxylic acids is 3. The molecule has 1 fully saturated rings. The standard InChI is InChI=1S/C19H21N3O5/c1-12(20-19(25)13-7-9-27-11-13)18(24)21-14-5-6-16(26-2)15(10-14)22-8-3-4-17(22)23/h5-7,9-12H,3-4,8H2,1-2H3,(H,20,25)(H,21,24)/t12-/m0/s1. The maximum Gasteiger partial charge on any atom is 0.255 e. The number of ether oxygens (including phenoxy) is 1. The Morgan fingerprint density at radius 2 is 2.11 bits per heavy atom. The highest BCUT2D eigenvalue weighted by Crippen LogP contribution is 2.34. The van der Waals surface area contributed by atoms with E-state index in [1.807, 2.05) is 0 Å². The predicted molar refractivity (Wildman–Crippen MR) is 98.8 cm³/mol. The molecule has 0 bridgehead atoms. The fraction of sp³-hybridized carbons (Fsp3) is 0.316. The number of amides is 3. The summed E-state index contributed by atoms with van der Waals surface area (Å²) in [5, 5.41) is 5.35. The monoisotopic (exact) mass is 371 g/mol. The predicted octanol–water partition coefficient (Wildman–Crippen LogP) is 2.17. The second-order valence-corrected chi connectivity index (χ2v) is 6.23. The number of carbonyl (C=O) groups is 3. The maximum absolute atomic E-state index is 12.4. The fourth-order valence-electron chi connectivity index (χ4n) is 2.87. The third-order valence-electron chi connectivity index (χ3n) is 4.33. The Labute approximate surface area is 156 Å². The highest BCUT2D eigenvalue weighted by Gasteiger charge is 2.25. The molecule has 0 aliphatic carbocycles. The van der Waals surface area contributed by atoms with Gasteiger partial charge in [-0.2, -0.15) is 0 Å². The lowest BCUT2D eigenvalue weighted by Crippen LogP contribution is -2.41. The van der Waals surface area contributed by atoms with Gasteiger partial charge in [0.05, 0.1) is 24.6 Å². The average molecular weight is 371 g/mol. The van der Waals surface area contributed by atoms with E-state index in [9.17, 15) is 14.4 Å². The van der Waals surface area contributed by atoms with Crippen LogP contribution in [0.1, 0.15) is 30.1 Å². The number of hydrogen-bond donors (Lipinski definition) is 2. The van der Waals surface area contributed by atoms with Crippen LogP contribution in [0.25, 0.3) is 0 Å². The summed E-state index contributed by atoms with van der Waals surface area (Å²) in [7, 11) is 1.53. The van der Waals surface area contributed by atoms with Crippen LogP contribution in [0, 0.1) is 0 Å². The first-order valence-corrected chi connectivity index (χ1v) is 8.62. The van der Waals surface area contributed by atoms with Crippen LogP contribution in [0.3, 0.4) is 0 Å². The van der Waals surface area contributed by atoms with Crippen LogP contribution in [-0.2, 0) is 9.59 Å². The van der Waals surface area contributed by atoms with Crippen LogP contribution in [0.4, 0.5) is 11.4 Å². The van der Waals surface area contributed by atoms with E-state index >= 15 is 0 Å². The van der Waals surface area contributed by atoms with E-state index in [4.69, 9.17) is 9.15 Å². The minimum atomic E-state index is -0.758. The Kier molecular flexibility index (Phi) is 5.44. The van der Waals surface area contributed by atoms with E-state index in [1.54, 1.807) is 30.0 Å². The molecule has 1 aromatic heterocycles. The second-order valence-electron chi connectivity index (χ2n) is 6.23. The van der Waals surface area contributed by atoms with Gasteiger partial charge in [0.15, 0.2) is 0 Å². The van der Waals surface area contributed by atoms with Gasteiger partial charge in [0.1, 0.15) is 18.1 Å². The summed E-state index contributed by atoms with van der Waals surface area (Å²) >= 11 is 0. The summed E-state index contributed by atoms with van der Waals surface area (Å²) < 4.78 is 10.2. The molecule has 142 valence electrons. The molecule has 1 atom stereocenters.